The van der Waals surface area contributed by atoms with E-state index in [1.54, 1.807) is 12.1 Å². The Bertz CT molecular complexity index is 688. The number of non-ortho nitro benzene ring substituents is 1. The zero-order valence-corrected chi connectivity index (χ0v) is 14.3. The molecular weight excluding hydrogens is 314 g/mol. The molecule has 1 amide bonds. The Kier molecular flexibility index (Phi) is 4.89. The Morgan fingerprint density at radius 1 is 1.30 bits per heavy atom. The molecule has 1 unspecified atom stereocenters. The number of nitrogens with one attached hydrogen (secondary N) is 1. The molecule has 6 nitrogen and oxygen atoms in total. The Hall–Kier alpha value is -2.15. The van der Waals surface area contributed by atoms with E-state index in [9.17, 15) is 14.9 Å². The number of allylic oxidation sites excluding steroid dienone is 1. The Morgan fingerprint density at radius 3 is 2.39 bits per heavy atom. The van der Waals surface area contributed by atoms with Gasteiger partial charge in [-0.05, 0) is 23.8 Å². The van der Waals surface area contributed by atoms with Crippen LogP contribution in [0, 0.1) is 15.5 Å². The number of amides is 1. The second-order valence-corrected chi connectivity index (χ2v) is 7.37. The van der Waals surface area contributed by atoms with Crippen molar-refractivity contribution in [3.05, 3.63) is 46.0 Å². The Labute approximate surface area is 139 Å². The van der Waals surface area contributed by atoms with Crippen LogP contribution in [-0.2, 0) is 4.79 Å². The topological polar surface area (TPSA) is 84.6 Å². The first-order valence-corrected chi connectivity index (χ1v) is 8.03. The summed E-state index contributed by atoms with van der Waals surface area (Å²) in [5.74, 6) is -0.149. The number of hydrogen-bond donors (Lipinski definition) is 1. The van der Waals surface area contributed by atoms with E-state index in [0.717, 1.165) is 16.2 Å². The average Bonchev–Trinajstić information content (AvgIpc) is 2.45. The van der Waals surface area contributed by atoms with Gasteiger partial charge in [0.2, 0.25) is 5.91 Å². The van der Waals surface area contributed by atoms with E-state index >= 15 is 0 Å². The third-order valence-electron chi connectivity index (χ3n) is 3.22. The molecule has 1 atom stereocenters. The smallest absolute Gasteiger partial charge is 0.269 e. The first-order valence-electron chi connectivity index (χ1n) is 7.15. The Morgan fingerprint density at radius 2 is 1.91 bits per heavy atom. The molecule has 0 fully saturated rings. The molecule has 1 N–H and O–H groups in total. The van der Waals surface area contributed by atoms with Gasteiger partial charge in [0.05, 0.1) is 4.92 Å². The molecule has 1 heterocycles. The first kappa shape index (κ1) is 17.2. The SMILES string of the molecule is CC(=O)NC1N=C(C(C)(C)C)C=C(c2ccc([N+](=O)[O-])cc2)S1. The maximum Gasteiger partial charge on any atom is 0.269 e. The van der Waals surface area contributed by atoms with Crippen molar-refractivity contribution < 1.29 is 9.72 Å². The maximum absolute atomic E-state index is 11.3. The summed E-state index contributed by atoms with van der Waals surface area (Å²) >= 11 is 1.42. The predicted molar refractivity (Wildman–Crippen MR) is 93.2 cm³/mol. The quantitative estimate of drug-likeness (QED) is 0.676. The fourth-order valence-electron chi connectivity index (χ4n) is 2.01. The van der Waals surface area contributed by atoms with Crippen LogP contribution in [-0.4, -0.2) is 22.0 Å². The zero-order valence-electron chi connectivity index (χ0n) is 13.5. The lowest BCUT2D eigenvalue weighted by Crippen LogP contribution is -2.33. The summed E-state index contributed by atoms with van der Waals surface area (Å²) in [6.07, 6.45) is 1.98. The lowest BCUT2D eigenvalue weighted by Gasteiger charge is -2.27. The second-order valence-electron chi connectivity index (χ2n) is 6.25. The third-order valence-corrected chi connectivity index (χ3v) is 4.27. The number of aliphatic imine (C=N–C) groups is 1. The highest BCUT2D eigenvalue weighted by Gasteiger charge is 2.26. The number of carbonyl (C=O) groups excluding carboxylic acids is 1. The van der Waals surface area contributed by atoms with Gasteiger partial charge >= 0.3 is 0 Å². The van der Waals surface area contributed by atoms with Crippen LogP contribution >= 0.6 is 11.8 Å². The molecule has 0 aliphatic carbocycles. The first-order chi connectivity index (χ1) is 10.7. The van der Waals surface area contributed by atoms with Crippen molar-refractivity contribution in [2.75, 3.05) is 0 Å². The average molecular weight is 333 g/mol. The van der Waals surface area contributed by atoms with E-state index in [2.05, 4.69) is 31.1 Å². The number of nitro benzene ring substituents is 1. The zero-order chi connectivity index (χ0) is 17.2. The number of nitrogens with zero attached hydrogens (tertiary/aromatic N) is 2. The van der Waals surface area contributed by atoms with Crippen LogP contribution < -0.4 is 5.32 Å². The summed E-state index contributed by atoms with van der Waals surface area (Å²) < 4.78 is 0. The number of thioether (sulfide) groups is 1. The fourth-order valence-corrected chi connectivity index (χ4v) is 3.10. The van der Waals surface area contributed by atoms with Gasteiger partial charge in [0.25, 0.3) is 5.69 Å². The number of benzene rings is 1. The van der Waals surface area contributed by atoms with Crippen LogP contribution in [0.2, 0.25) is 0 Å². The standard InChI is InChI=1S/C16H19N3O3S/c1-10(20)17-15-18-14(16(2,3)4)9-13(23-15)11-5-7-12(8-6-11)19(21)22/h5-9,15H,1-4H3,(H,17,20). The van der Waals surface area contributed by atoms with Crippen LogP contribution in [0.3, 0.4) is 0 Å². The number of carbonyl (C=O) groups is 1. The van der Waals surface area contributed by atoms with Gasteiger partial charge < -0.3 is 5.32 Å². The van der Waals surface area contributed by atoms with Gasteiger partial charge in [0, 0.05) is 35.1 Å². The van der Waals surface area contributed by atoms with E-state index in [-0.39, 0.29) is 17.0 Å². The summed E-state index contributed by atoms with van der Waals surface area (Å²) in [5.41, 5.74) is 1.25. The van der Waals surface area contributed by atoms with E-state index in [1.807, 2.05) is 6.08 Å². The summed E-state index contributed by atoms with van der Waals surface area (Å²) in [4.78, 5) is 27.2. The van der Waals surface area contributed by atoms with E-state index in [4.69, 9.17) is 0 Å². The molecule has 0 radical (unpaired) electrons. The van der Waals surface area contributed by atoms with Crippen LogP contribution in [0.4, 0.5) is 5.69 Å². The number of rotatable bonds is 3. The molecule has 0 saturated carbocycles. The van der Waals surface area contributed by atoms with Crippen molar-refractivity contribution in [3.8, 4) is 0 Å². The number of hydrogen-bond acceptors (Lipinski definition) is 5. The van der Waals surface area contributed by atoms with Crippen molar-refractivity contribution >= 4 is 34.0 Å². The minimum atomic E-state index is -0.422. The van der Waals surface area contributed by atoms with Crippen molar-refractivity contribution in [2.45, 2.75) is 33.2 Å². The van der Waals surface area contributed by atoms with Gasteiger partial charge in [-0.25, -0.2) is 0 Å². The molecule has 1 aliphatic heterocycles. The summed E-state index contributed by atoms with van der Waals surface area (Å²) in [5, 5.41) is 13.6. The summed E-state index contributed by atoms with van der Waals surface area (Å²) in [7, 11) is 0. The van der Waals surface area contributed by atoms with Crippen LogP contribution in [0.15, 0.2) is 35.3 Å². The molecule has 122 valence electrons. The highest BCUT2D eigenvalue weighted by Crippen LogP contribution is 2.37. The minimum Gasteiger partial charge on any atom is -0.326 e. The van der Waals surface area contributed by atoms with Crippen molar-refractivity contribution in [1.29, 1.82) is 0 Å². The molecule has 0 spiro atoms. The molecule has 1 aromatic carbocycles. The van der Waals surface area contributed by atoms with E-state index in [1.165, 1.54) is 30.8 Å². The third kappa shape index (κ3) is 4.41. The van der Waals surface area contributed by atoms with Crippen molar-refractivity contribution in [1.82, 2.24) is 5.32 Å². The van der Waals surface area contributed by atoms with Crippen LogP contribution in [0.5, 0.6) is 0 Å². The van der Waals surface area contributed by atoms with Gasteiger partial charge in [-0.2, -0.15) is 0 Å². The van der Waals surface area contributed by atoms with Crippen LogP contribution in [0.1, 0.15) is 33.3 Å². The largest absolute Gasteiger partial charge is 0.326 e. The minimum absolute atomic E-state index is 0.0540. The molecule has 1 aliphatic rings. The van der Waals surface area contributed by atoms with Gasteiger partial charge in [-0.15, -0.1) is 0 Å². The molecule has 0 saturated heterocycles. The fraction of sp³-hybridized carbons (Fsp3) is 0.375. The van der Waals surface area contributed by atoms with Gasteiger partial charge in [-0.3, -0.25) is 19.9 Å². The summed E-state index contributed by atoms with van der Waals surface area (Å²) in [6, 6.07) is 6.39. The molecular formula is C16H19N3O3S. The van der Waals surface area contributed by atoms with Gasteiger partial charge in [0.1, 0.15) is 0 Å². The highest BCUT2D eigenvalue weighted by molar-refractivity contribution is 8.08. The van der Waals surface area contributed by atoms with Crippen LogP contribution in [0.25, 0.3) is 4.91 Å². The van der Waals surface area contributed by atoms with Crippen molar-refractivity contribution in [2.24, 2.45) is 10.4 Å². The highest BCUT2D eigenvalue weighted by atomic mass is 32.2. The molecule has 0 aromatic heterocycles. The summed E-state index contributed by atoms with van der Waals surface area (Å²) in [6.45, 7) is 7.61. The maximum atomic E-state index is 11.3. The predicted octanol–water partition coefficient (Wildman–Crippen LogP) is 3.59. The molecule has 2 rings (SSSR count). The monoisotopic (exact) mass is 333 g/mol. The van der Waals surface area contributed by atoms with Crippen molar-refractivity contribution in [3.63, 3.8) is 0 Å². The second kappa shape index (κ2) is 6.54. The molecule has 23 heavy (non-hydrogen) atoms. The Balaban J connectivity index is 2.36. The number of nitro groups is 1. The van der Waals surface area contributed by atoms with Gasteiger partial charge in [-0.1, -0.05) is 32.5 Å². The molecule has 0 bridgehead atoms. The normalized spacial score (nSPS) is 18.0. The molecule has 7 heteroatoms. The van der Waals surface area contributed by atoms with E-state index in [0.29, 0.717) is 0 Å². The lowest BCUT2D eigenvalue weighted by molar-refractivity contribution is -0.384. The van der Waals surface area contributed by atoms with E-state index < -0.39 is 10.4 Å². The van der Waals surface area contributed by atoms with Gasteiger partial charge in [0.15, 0.2) is 5.50 Å². The molecule has 1 aromatic rings. The lowest BCUT2D eigenvalue weighted by atomic mass is 9.89.